The number of halogens is 1. The van der Waals surface area contributed by atoms with Gasteiger partial charge in [-0.25, -0.2) is 4.68 Å². The van der Waals surface area contributed by atoms with Crippen LogP contribution in [0.1, 0.15) is 42.2 Å². The van der Waals surface area contributed by atoms with Crippen molar-refractivity contribution in [1.29, 1.82) is 0 Å². The van der Waals surface area contributed by atoms with Crippen molar-refractivity contribution in [3.63, 3.8) is 0 Å². The molecule has 6 heteroatoms. The van der Waals surface area contributed by atoms with Crippen LogP contribution in [0.15, 0.2) is 30.5 Å². The minimum atomic E-state index is -0.402. The quantitative estimate of drug-likeness (QED) is 0.923. The van der Waals surface area contributed by atoms with Gasteiger partial charge in [-0.2, -0.15) is 5.10 Å². The Labute approximate surface area is 146 Å². The van der Waals surface area contributed by atoms with Crippen LogP contribution in [-0.2, 0) is 0 Å². The van der Waals surface area contributed by atoms with E-state index < -0.39 is 6.10 Å². The van der Waals surface area contributed by atoms with Crippen molar-refractivity contribution in [3.05, 3.63) is 46.7 Å². The van der Waals surface area contributed by atoms with E-state index in [0.29, 0.717) is 22.7 Å². The maximum Gasteiger partial charge on any atom is 0.257 e. The number of amides is 1. The number of nitrogens with zero attached hydrogens (tertiary/aromatic N) is 3. The van der Waals surface area contributed by atoms with Crippen molar-refractivity contribution in [2.75, 3.05) is 6.54 Å². The number of likely N-dealkylation sites (tertiary alicyclic amines) is 1. The molecule has 24 heavy (non-hydrogen) atoms. The van der Waals surface area contributed by atoms with Crippen molar-refractivity contribution in [1.82, 2.24) is 14.7 Å². The van der Waals surface area contributed by atoms with Gasteiger partial charge in [0.05, 0.1) is 23.0 Å². The van der Waals surface area contributed by atoms with E-state index in [2.05, 4.69) is 5.10 Å². The summed E-state index contributed by atoms with van der Waals surface area (Å²) in [5.74, 6) is -0.00383. The van der Waals surface area contributed by atoms with E-state index in [4.69, 9.17) is 11.6 Å². The lowest BCUT2D eigenvalue weighted by Gasteiger charge is -2.25. The summed E-state index contributed by atoms with van der Waals surface area (Å²) < 4.78 is 1.71. The molecule has 1 N–H and O–H groups in total. The van der Waals surface area contributed by atoms with E-state index in [-0.39, 0.29) is 11.9 Å². The number of benzene rings is 1. The number of rotatable bonds is 4. The Morgan fingerprint density at radius 3 is 2.79 bits per heavy atom. The maximum absolute atomic E-state index is 12.9. The molecule has 1 fully saturated rings. The monoisotopic (exact) mass is 347 g/mol. The summed E-state index contributed by atoms with van der Waals surface area (Å²) in [5, 5.41) is 14.8. The molecule has 1 aliphatic heterocycles. The van der Waals surface area contributed by atoms with Gasteiger partial charge in [-0.1, -0.05) is 11.6 Å². The third kappa shape index (κ3) is 3.47. The predicted octanol–water partition coefficient (Wildman–Crippen LogP) is 3.21. The highest BCUT2D eigenvalue weighted by atomic mass is 35.5. The van der Waals surface area contributed by atoms with E-state index in [0.717, 1.165) is 25.1 Å². The number of aliphatic hydroxyl groups excluding tert-OH is 1. The molecule has 1 aromatic carbocycles. The van der Waals surface area contributed by atoms with Gasteiger partial charge >= 0.3 is 0 Å². The van der Waals surface area contributed by atoms with Crippen molar-refractivity contribution >= 4 is 17.5 Å². The zero-order valence-corrected chi connectivity index (χ0v) is 14.7. The lowest BCUT2D eigenvalue weighted by atomic mass is 10.1. The standard InChI is InChI=1S/C18H22ClN3O2/c1-12(23)10-16-4-3-9-21(16)18(24)17-11-22(20-13(17)2)15-7-5-14(19)6-8-15/h5-8,11-12,16,23H,3-4,9-10H2,1-2H3. The molecule has 1 saturated heterocycles. The highest BCUT2D eigenvalue weighted by molar-refractivity contribution is 6.30. The first-order valence-corrected chi connectivity index (χ1v) is 8.64. The summed E-state index contributed by atoms with van der Waals surface area (Å²) >= 11 is 5.92. The maximum atomic E-state index is 12.9. The summed E-state index contributed by atoms with van der Waals surface area (Å²) in [6.45, 7) is 4.35. The zero-order chi connectivity index (χ0) is 17.3. The second-order valence-corrected chi connectivity index (χ2v) is 6.86. The third-order valence-corrected chi connectivity index (χ3v) is 4.72. The molecule has 128 valence electrons. The van der Waals surface area contributed by atoms with Crippen LogP contribution < -0.4 is 0 Å². The fourth-order valence-electron chi connectivity index (χ4n) is 3.29. The van der Waals surface area contributed by atoms with Crippen molar-refractivity contribution in [2.45, 2.75) is 45.3 Å². The van der Waals surface area contributed by atoms with Gasteiger partial charge in [0, 0.05) is 23.8 Å². The predicted molar refractivity (Wildman–Crippen MR) is 93.7 cm³/mol. The number of aliphatic hydroxyl groups is 1. The SMILES string of the molecule is Cc1nn(-c2ccc(Cl)cc2)cc1C(=O)N1CCCC1CC(C)O. The van der Waals surface area contributed by atoms with Gasteiger partial charge in [0.2, 0.25) is 0 Å². The molecule has 2 heterocycles. The Morgan fingerprint density at radius 1 is 1.42 bits per heavy atom. The molecule has 1 amide bonds. The lowest BCUT2D eigenvalue weighted by molar-refractivity contribution is 0.0681. The van der Waals surface area contributed by atoms with Crippen LogP contribution in [0.2, 0.25) is 5.02 Å². The minimum Gasteiger partial charge on any atom is -0.393 e. The first-order valence-electron chi connectivity index (χ1n) is 8.27. The molecule has 1 aromatic heterocycles. The molecular formula is C18H22ClN3O2. The Hall–Kier alpha value is -1.85. The smallest absolute Gasteiger partial charge is 0.257 e. The van der Waals surface area contributed by atoms with Gasteiger partial charge in [0.15, 0.2) is 0 Å². The van der Waals surface area contributed by atoms with Gasteiger partial charge in [0.25, 0.3) is 5.91 Å². The highest BCUT2D eigenvalue weighted by Crippen LogP contribution is 2.25. The van der Waals surface area contributed by atoms with Gasteiger partial charge < -0.3 is 10.0 Å². The largest absolute Gasteiger partial charge is 0.393 e. The van der Waals surface area contributed by atoms with Crippen molar-refractivity contribution in [2.24, 2.45) is 0 Å². The molecule has 0 saturated carbocycles. The number of hydrogen-bond donors (Lipinski definition) is 1. The van der Waals surface area contributed by atoms with E-state index in [9.17, 15) is 9.90 Å². The van der Waals surface area contributed by atoms with Crippen LogP contribution in [-0.4, -0.2) is 44.4 Å². The Balaban J connectivity index is 1.84. The van der Waals surface area contributed by atoms with Crippen LogP contribution >= 0.6 is 11.6 Å². The van der Waals surface area contributed by atoms with E-state index in [1.807, 2.05) is 24.0 Å². The molecule has 2 atom stereocenters. The van der Waals surface area contributed by atoms with Gasteiger partial charge in [-0.3, -0.25) is 4.79 Å². The lowest BCUT2D eigenvalue weighted by Crippen LogP contribution is -2.37. The number of carbonyl (C=O) groups excluding carboxylic acids is 1. The Bertz CT molecular complexity index is 724. The summed E-state index contributed by atoms with van der Waals surface area (Å²) in [5.41, 5.74) is 2.18. The van der Waals surface area contributed by atoms with E-state index in [1.54, 1.807) is 29.9 Å². The molecule has 2 unspecified atom stereocenters. The second-order valence-electron chi connectivity index (χ2n) is 6.43. The average molecular weight is 348 g/mol. The van der Waals surface area contributed by atoms with Crippen LogP contribution in [0, 0.1) is 6.92 Å². The highest BCUT2D eigenvalue weighted by Gasteiger charge is 2.31. The first-order chi connectivity index (χ1) is 11.5. The van der Waals surface area contributed by atoms with Crippen LogP contribution in [0.25, 0.3) is 5.69 Å². The zero-order valence-electron chi connectivity index (χ0n) is 13.9. The molecule has 0 spiro atoms. The molecule has 0 aliphatic carbocycles. The number of aryl methyl sites for hydroxylation is 1. The van der Waals surface area contributed by atoms with E-state index >= 15 is 0 Å². The molecule has 0 bridgehead atoms. The molecule has 5 nitrogen and oxygen atoms in total. The van der Waals surface area contributed by atoms with Crippen molar-refractivity contribution in [3.8, 4) is 5.69 Å². The Morgan fingerprint density at radius 2 is 2.12 bits per heavy atom. The third-order valence-electron chi connectivity index (χ3n) is 4.47. The molecular weight excluding hydrogens is 326 g/mol. The number of carbonyl (C=O) groups is 1. The summed E-state index contributed by atoms with van der Waals surface area (Å²) in [4.78, 5) is 14.8. The normalized spacial score (nSPS) is 18.8. The fraction of sp³-hybridized carbons (Fsp3) is 0.444. The fourth-order valence-corrected chi connectivity index (χ4v) is 3.42. The van der Waals surface area contributed by atoms with Crippen LogP contribution in [0.3, 0.4) is 0 Å². The average Bonchev–Trinajstić information content (AvgIpc) is 3.13. The van der Waals surface area contributed by atoms with Crippen LogP contribution in [0.4, 0.5) is 0 Å². The molecule has 3 rings (SSSR count). The Kier molecular flexibility index (Phi) is 4.92. The summed E-state index contributed by atoms with van der Waals surface area (Å²) in [6, 6.07) is 7.45. The van der Waals surface area contributed by atoms with Gasteiger partial charge in [-0.05, 0) is 57.4 Å². The summed E-state index contributed by atoms with van der Waals surface area (Å²) in [6.07, 6.45) is 3.92. The summed E-state index contributed by atoms with van der Waals surface area (Å²) in [7, 11) is 0. The topological polar surface area (TPSA) is 58.4 Å². The minimum absolute atomic E-state index is 0.00383. The van der Waals surface area contributed by atoms with E-state index in [1.165, 1.54) is 0 Å². The van der Waals surface area contributed by atoms with Crippen LogP contribution in [0.5, 0.6) is 0 Å². The van der Waals surface area contributed by atoms with Crippen molar-refractivity contribution < 1.29 is 9.90 Å². The first kappa shape index (κ1) is 17.0. The second kappa shape index (κ2) is 6.95. The molecule has 2 aromatic rings. The number of hydrogen-bond acceptors (Lipinski definition) is 3. The van der Waals surface area contributed by atoms with Gasteiger partial charge in [-0.15, -0.1) is 0 Å². The van der Waals surface area contributed by atoms with Gasteiger partial charge in [0.1, 0.15) is 0 Å². The molecule has 0 radical (unpaired) electrons. The molecule has 1 aliphatic rings. The number of aromatic nitrogens is 2.